The van der Waals surface area contributed by atoms with E-state index in [1.54, 1.807) is 12.1 Å². The monoisotopic (exact) mass is 282 g/mol. The first-order valence-corrected chi connectivity index (χ1v) is 7.57. The minimum Gasteiger partial charge on any atom is -0.207 e. The van der Waals surface area contributed by atoms with Gasteiger partial charge in [-0.3, -0.25) is 0 Å². The Morgan fingerprint density at radius 3 is 2.52 bits per heavy atom. The highest BCUT2D eigenvalue weighted by molar-refractivity contribution is 5.61. The molecule has 2 aliphatic rings. The number of benzene rings is 1. The third-order valence-electron chi connectivity index (χ3n) is 6.09. The molecule has 1 aromatic carbocycles. The minimum absolute atomic E-state index is 0.140. The summed E-state index contributed by atoms with van der Waals surface area (Å²) in [7, 11) is 0. The van der Waals surface area contributed by atoms with E-state index in [0.29, 0.717) is 5.92 Å². The lowest BCUT2D eigenvalue weighted by Crippen LogP contribution is -2.32. The van der Waals surface area contributed by atoms with Crippen molar-refractivity contribution in [1.82, 2.24) is 10.2 Å². The third-order valence-corrected chi connectivity index (χ3v) is 6.09. The van der Waals surface area contributed by atoms with Gasteiger partial charge in [0.15, 0.2) is 0 Å². The van der Waals surface area contributed by atoms with Crippen molar-refractivity contribution in [3.8, 4) is 11.3 Å². The van der Waals surface area contributed by atoms with Crippen molar-refractivity contribution in [3.63, 3.8) is 0 Å². The zero-order valence-electron chi connectivity index (χ0n) is 12.7. The second kappa shape index (κ2) is 3.90. The molecule has 0 radical (unpaired) electrons. The highest BCUT2D eigenvalue weighted by Crippen LogP contribution is 2.67. The summed E-state index contributed by atoms with van der Waals surface area (Å²) < 4.78 is 13.1. The van der Waals surface area contributed by atoms with Crippen LogP contribution in [0.2, 0.25) is 0 Å². The molecule has 0 spiro atoms. The molecule has 2 aromatic rings. The molecule has 2 bridgehead atoms. The number of hydrogen-bond acceptors (Lipinski definition) is 2. The van der Waals surface area contributed by atoms with Gasteiger partial charge in [0.25, 0.3) is 0 Å². The maximum Gasteiger partial charge on any atom is 0.123 e. The van der Waals surface area contributed by atoms with Crippen LogP contribution in [0.4, 0.5) is 4.39 Å². The molecule has 2 nitrogen and oxygen atoms in total. The Balaban J connectivity index is 1.85. The van der Waals surface area contributed by atoms with Crippen molar-refractivity contribution < 1.29 is 4.39 Å². The lowest BCUT2D eigenvalue weighted by molar-refractivity contribution is 0.226. The molecule has 21 heavy (non-hydrogen) atoms. The van der Waals surface area contributed by atoms with Crippen molar-refractivity contribution in [3.05, 3.63) is 47.4 Å². The van der Waals surface area contributed by atoms with Crippen LogP contribution < -0.4 is 0 Å². The van der Waals surface area contributed by atoms with Gasteiger partial charge in [0.2, 0.25) is 0 Å². The van der Waals surface area contributed by atoms with Gasteiger partial charge in [-0.05, 0) is 60.1 Å². The topological polar surface area (TPSA) is 25.8 Å². The molecular weight excluding hydrogens is 263 g/mol. The van der Waals surface area contributed by atoms with E-state index in [1.807, 2.05) is 0 Å². The largest absolute Gasteiger partial charge is 0.207 e. The number of halogens is 1. The van der Waals surface area contributed by atoms with Crippen LogP contribution in [-0.2, 0) is 5.41 Å². The van der Waals surface area contributed by atoms with Crippen molar-refractivity contribution >= 4 is 0 Å². The lowest BCUT2D eigenvalue weighted by Gasteiger charge is -2.33. The molecule has 0 aliphatic heterocycles. The van der Waals surface area contributed by atoms with Crippen LogP contribution in [0.25, 0.3) is 11.3 Å². The fourth-order valence-electron chi connectivity index (χ4n) is 4.33. The van der Waals surface area contributed by atoms with Gasteiger partial charge in [-0.25, -0.2) is 4.39 Å². The number of rotatable bonds is 1. The van der Waals surface area contributed by atoms with Gasteiger partial charge in [-0.15, -0.1) is 0 Å². The zero-order valence-corrected chi connectivity index (χ0v) is 12.7. The molecule has 1 heterocycles. The van der Waals surface area contributed by atoms with Crippen LogP contribution in [0.5, 0.6) is 0 Å². The normalized spacial score (nSPS) is 28.7. The smallest absolute Gasteiger partial charge is 0.123 e. The van der Waals surface area contributed by atoms with Crippen molar-refractivity contribution in [2.24, 2.45) is 5.41 Å². The van der Waals surface area contributed by atoms with Crippen LogP contribution in [0.3, 0.4) is 0 Å². The van der Waals surface area contributed by atoms with E-state index in [2.05, 4.69) is 37.0 Å². The van der Waals surface area contributed by atoms with Crippen molar-refractivity contribution in [1.29, 1.82) is 0 Å². The molecule has 0 amide bonds. The number of hydrogen-bond donors (Lipinski definition) is 0. The molecule has 0 saturated heterocycles. The quantitative estimate of drug-likeness (QED) is 0.772. The molecule has 1 fully saturated rings. The summed E-state index contributed by atoms with van der Waals surface area (Å²) in [4.78, 5) is 0. The summed E-state index contributed by atoms with van der Waals surface area (Å²) in [5, 5.41) is 8.97. The first-order valence-electron chi connectivity index (χ1n) is 7.57. The average Bonchev–Trinajstić information content (AvgIpc) is 2.79. The maximum atomic E-state index is 13.1. The Hall–Kier alpha value is -1.77. The van der Waals surface area contributed by atoms with E-state index in [0.717, 1.165) is 11.3 Å². The second-order valence-electron chi connectivity index (χ2n) is 7.19. The van der Waals surface area contributed by atoms with E-state index in [-0.39, 0.29) is 16.6 Å². The van der Waals surface area contributed by atoms with Crippen molar-refractivity contribution in [2.45, 2.75) is 44.9 Å². The molecule has 2 aliphatic carbocycles. The first-order chi connectivity index (χ1) is 9.93. The Labute approximate surface area is 124 Å². The average molecular weight is 282 g/mol. The van der Waals surface area contributed by atoms with E-state index in [1.165, 1.54) is 36.2 Å². The highest BCUT2D eigenvalue weighted by atomic mass is 19.1. The number of aromatic nitrogens is 2. The third kappa shape index (κ3) is 1.52. The standard InChI is InChI=1S/C18H19FN2/c1-17(2)14-8-9-18(17,3)16-13(14)10-15(20-21-16)11-4-6-12(19)7-5-11/h4-7,10,14H,8-9H2,1-3H3/t14-,18+/m0/s1. The summed E-state index contributed by atoms with van der Waals surface area (Å²) >= 11 is 0. The Kier molecular flexibility index (Phi) is 2.40. The molecule has 0 unspecified atom stereocenters. The van der Waals surface area contributed by atoms with Gasteiger partial charge in [0, 0.05) is 11.0 Å². The minimum atomic E-state index is -0.222. The van der Waals surface area contributed by atoms with E-state index in [9.17, 15) is 4.39 Å². The molecule has 4 rings (SSSR count). The van der Waals surface area contributed by atoms with Gasteiger partial charge < -0.3 is 0 Å². The lowest BCUT2D eigenvalue weighted by atomic mass is 9.70. The molecule has 1 aromatic heterocycles. The molecule has 0 N–H and O–H groups in total. The fourth-order valence-corrected chi connectivity index (χ4v) is 4.33. The predicted molar refractivity (Wildman–Crippen MR) is 80.5 cm³/mol. The SMILES string of the molecule is CC1(C)[C@H]2CC[C@]1(C)c1nnc(-c3ccc(F)cc3)cc12. The Morgan fingerprint density at radius 1 is 1.10 bits per heavy atom. The molecule has 1 saturated carbocycles. The van der Waals surface area contributed by atoms with E-state index >= 15 is 0 Å². The van der Waals surface area contributed by atoms with Gasteiger partial charge in [-0.1, -0.05) is 20.8 Å². The fraction of sp³-hybridized carbons (Fsp3) is 0.444. The summed E-state index contributed by atoms with van der Waals surface area (Å²) in [5.74, 6) is 0.341. The van der Waals surface area contributed by atoms with Crippen LogP contribution in [0, 0.1) is 11.2 Å². The number of fused-ring (bicyclic) bond motifs is 5. The Bertz CT molecular complexity index is 720. The Morgan fingerprint density at radius 2 is 1.81 bits per heavy atom. The van der Waals surface area contributed by atoms with Gasteiger partial charge in [0.1, 0.15) is 5.82 Å². The molecule has 3 heteroatoms. The van der Waals surface area contributed by atoms with E-state index in [4.69, 9.17) is 0 Å². The number of nitrogens with zero attached hydrogens (tertiary/aromatic N) is 2. The predicted octanol–water partition coefficient (Wildman–Crippen LogP) is 4.46. The van der Waals surface area contributed by atoms with Gasteiger partial charge in [0.05, 0.1) is 11.4 Å². The van der Waals surface area contributed by atoms with Crippen LogP contribution in [0.15, 0.2) is 30.3 Å². The second-order valence-corrected chi connectivity index (χ2v) is 7.19. The van der Waals surface area contributed by atoms with Crippen LogP contribution >= 0.6 is 0 Å². The van der Waals surface area contributed by atoms with Crippen LogP contribution in [-0.4, -0.2) is 10.2 Å². The van der Waals surface area contributed by atoms with E-state index < -0.39 is 0 Å². The summed E-state index contributed by atoms with van der Waals surface area (Å²) in [5.41, 5.74) is 4.68. The van der Waals surface area contributed by atoms with Gasteiger partial charge in [-0.2, -0.15) is 10.2 Å². The first kappa shape index (κ1) is 12.9. The van der Waals surface area contributed by atoms with Crippen molar-refractivity contribution in [2.75, 3.05) is 0 Å². The highest BCUT2D eigenvalue weighted by Gasteiger charge is 2.60. The molecule has 108 valence electrons. The molecular formula is C18H19FN2. The van der Waals surface area contributed by atoms with Crippen LogP contribution in [0.1, 0.15) is 50.8 Å². The summed E-state index contributed by atoms with van der Waals surface area (Å²) in [6.45, 7) is 7.03. The zero-order chi connectivity index (χ0) is 14.8. The van der Waals surface area contributed by atoms with Gasteiger partial charge >= 0.3 is 0 Å². The summed E-state index contributed by atoms with van der Waals surface area (Å²) in [6, 6.07) is 8.66. The summed E-state index contributed by atoms with van der Waals surface area (Å²) in [6.07, 6.45) is 2.42. The maximum absolute atomic E-state index is 13.1. The molecule has 2 atom stereocenters.